The maximum atomic E-state index is 8.83. The quantitative estimate of drug-likeness (QED) is 0.773. The van der Waals surface area contributed by atoms with Crippen molar-refractivity contribution in [2.45, 2.75) is 58.6 Å². The van der Waals surface area contributed by atoms with Gasteiger partial charge in [-0.2, -0.15) is 0 Å². The molecular formula is C14H27NO2. The number of aliphatic hydroxyl groups excluding tert-OH is 1. The lowest BCUT2D eigenvalue weighted by molar-refractivity contribution is -0.0519. The molecule has 100 valence electrons. The molecule has 0 spiro atoms. The van der Waals surface area contributed by atoms with Gasteiger partial charge >= 0.3 is 0 Å². The van der Waals surface area contributed by atoms with Crippen LogP contribution in [0.2, 0.25) is 0 Å². The summed E-state index contributed by atoms with van der Waals surface area (Å²) in [7, 11) is 0. The van der Waals surface area contributed by atoms with Crippen LogP contribution in [0.4, 0.5) is 0 Å². The van der Waals surface area contributed by atoms with E-state index in [1.54, 1.807) is 0 Å². The highest BCUT2D eigenvalue weighted by molar-refractivity contribution is 5.11. The van der Waals surface area contributed by atoms with Crippen molar-refractivity contribution in [3.63, 3.8) is 0 Å². The number of hydrogen-bond acceptors (Lipinski definition) is 3. The molecule has 2 bridgehead atoms. The maximum Gasteiger partial charge on any atom is 0.0637 e. The van der Waals surface area contributed by atoms with Crippen LogP contribution in [0.15, 0.2) is 0 Å². The largest absolute Gasteiger partial charge is 0.396 e. The van der Waals surface area contributed by atoms with Crippen LogP contribution in [0.1, 0.15) is 46.5 Å². The Morgan fingerprint density at radius 1 is 1.41 bits per heavy atom. The summed E-state index contributed by atoms with van der Waals surface area (Å²) in [5.41, 5.74) is 6.60. The van der Waals surface area contributed by atoms with Gasteiger partial charge in [-0.05, 0) is 42.4 Å². The molecule has 2 fully saturated rings. The molecule has 2 rings (SSSR count). The van der Waals surface area contributed by atoms with Crippen LogP contribution < -0.4 is 5.73 Å². The number of hydrogen-bond donors (Lipinski definition) is 2. The van der Waals surface area contributed by atoms with Crippen molar-refractivity contribution < 1.29 is 9.84 Å². The van der Waals surface area contributed by atoms with E-state index in [1.165, 1.54) is 19.3 Å². The molecule has 3 heteroatoms. The topological polar surface area (TPSA) is 55.5 Å². The average Bonchev–Trinajstić information content (AvgIpc) is 2.59. The molecule has 0 aromatic carbocycles. The Bertz CT molecular complexity index is 279. The van der Waals surface area contributed by atoms with Gasteiger partial charge in [0, 0.05) is 12.6 Å². The first kappa shape index (κ1) is 13.3. The lowest BCUT2D eigenvalue weighted by Gasteiger charge is -2.39. The third kappa shape index (κ3) is 2.02. The van der Waals surface area contributed by atoms with Gasteiger partial charge in [-0.1, -0.05) is 20.8 Å². The Morgan fingerprint density at radius 2 is 2.12 bits per heavy atom. The van der Waals surface area contributed by atoms with Gasteiger partial charge in [-0.15, -0.1) is 0 Å². The van der Waals surface area contributed by atoms with Crippen LogP contribution in [0.3, 0.4) is 0 Å². The standard InChI is InChI=1S/C14H27NO2/c1-13(2)10-4-6-14(13,3)12(8-10)17-9-11(15)5-7-16/h10-12,16H,4-9,15H2,1-3H3. The van der Waals surface area contributed by atoms with E-state index in [-0.39, 0.29) is 12.6 Å². The summed E-state index contributed by atoms with van der Waals surface area (Å²) in [5.74, 6) is 0.812. The minimum atomic E-state index is -0.0224. The van der Waals surface area contributed by atoms with Crippen LogP contribution in [0.5, 0.6) is 0 Å². The highest BCUT2D eigenvalue weighted by atomic mass is 16.5. The van der Waals surface area contributed by atoms with Crippen molar-refractivity contribution in [3.8, 4) is 0 Å². The van der Waals surface area contributed by atoms with E-state index in [0.29, 0.717) is 30.0 Å². The van der Waals surface area contributed by atoms with E-state index in [9.17, 15) is 0 Å². The van der Waals surface area contributed by atoms with Gasteiger partial charge in [-0.3, -0.25) is 0 Å². The molecule has 0 radical (unpaired) electrons. The zero-order valence-electron chi connectivity index (χ0n) is 11.4. The molecule has 0 saturated heterocycles. The third-order valence-corrected chi connectivity index (χ3v) is 5.73. The second-order valence-electron chi connectivity index (χ2n) is 6.70. The Labute approximate surface area is 105 Å². The lowest BCUT2D eigenvalue weighted by atomic mass is 9.70. The molecule has 0 amide bonds. The molecule has 0 heterocycles. The molecule has 2 aliphatic rings. The number of ether oxygens (including phenoxy) is 1. The summed E-state index contributed by atoms with van der Waals surface area (Å²) in [4.78, 5) is 0. The number of rotatable bonds is 5. The number of fused-ring (bicyclic) bond motifs is 2. The molecule has 3 N–H and O–H groups in total. The zero-order valence-corrected chi connectivity index (χ0v) is 11.4. The molecule has 2 aliphatic carbocycles. The second-order valence-corrected chi connectivity index (χ2v) is 6.70. The van der Waals surface area contributed by atoms with Gasteiger partial charge in [0.1, 0.15) is 0 Å². The first-order chi connectivity index (χ1) is 7.91. The predicted octanol–water partition coefficient (Wildman–Crippen LogP) is 1.93. The summed E-state index contributed by atoms with van der Waals surface area (Å²) in [6.07, 6.45) is 4.82. The zero-order chi connectivity index (χ0) is 12.7. The smallest absolute Gasteiger partial charge is 0.0637 e. The van der Waals surface area contributed by atoms with Crippen LogP contribution in [0, 0.1) is 16.7 Å². The van der Waals surface area contributed by atoms with Crippen molar-refractivity contribution in [3.05, 3.63) is 0 Å². The van der Waals surface area contributed by atoms with Gasteiger partial charge < -0.3 is 15.6 Å². The minimum Gasteiger partial charge on any atom is -0.396 e. The Hall–Kier alpha value is -0.120. The van der Waals surface area contributed by atoms with Crippen molar-refractivity contribution in [2.24, 2.45) is 22.5 Å². The SMILES string of the molecule is CC1(C)C2CCC1(C)C(OCC(N)CCO)C2. The normalized spacial score (nSPS) is 40.8. The van der Waals surface area contributed by atoms with Crippen molar-refractivity contribution in [2.75, 3.05) is 13.2 Å². The molecule has 0 aromatic rings. The minimum absolute atomic E-state index is 0.0224. The highest BCUT2D eigenvalue weighted by Crippen LogP contribution is 2.66. The van der Waals surface area contributed by atoms with Gasteiger partial charge in [-0.25, -0.2) is 0 Å². The summed E-state index contributed by atoms with van der Waals surface area (Å²) < 4.78 is 6.05. The fraction of sp³-hybridized carbons (Fsp3) is 1.00. The van der Waals surface area contributed by atoms with E-state index in [1.807, 2.05) is 0 Å². The van der Waals surface area contributed by atoms with Crippen LogP contribution in [0.25, 0.3) is 0 Å². The van der Waals surface area contributed by atoms with E-state index in [4.69, 9.17) is 15.6 Å². The maximum absolute atomic E-state index is 8.83. The molecular weight excluding hydrogens is 214 g/mol. The van der Waals surface area contributed by atoms with Crippen molar-refractivity contribution in [1.29, 1.82) is 0 Å². The van der Waals surface area contributed by atoms with E-state index in [0.717, 1.165) is 5.92 Å². The number of aliphatic hydroxyl groups is 1. The molecule has 17 heavy (non-hydrogen) atoms. The van der Waals surface area contributed by atoms with Crippen LogP contribution >= 0.6 is 0 Å². The first-order valence-corrected chi connectivity index (χ1v) is 6.90. The van der Waals surface area contributed by atoms with Crippen LogP contribution in [-0.2, 0) is 4.74 Å². The van der Waals surface area contributed by atoms with Gasteiger partial charge in [0.05, 0.1) is 12.7 Å². The third-order valence-electron chi connectivity index (χ3n) is 5.73. The van der Waals surface area contributed by atoms with Crippen molar-refractivity contribution >= 4 is 0 Å². The van der Waals surface area contributed by atoms with Gasteiger partial charge in [0.15, 0.2) is 0 Å². The van der Waals surface area contributed by atoms with E-state index >= 15 is 0 Å². The predicted molar refractivity (Wildman–Crippen MR) is 68.6 cm³/mol. The molecule has 3 nitrogen and oxygen atoms in total. The molecule has 0 aromatic heterocycles. The van der Waals surface area contributed by atoms with Gasteiger partial charge in [0.25, 0.3) is 0 Å². The molecule has 0 aliphatic heterocycles. The summed E-state index contributed by atoms with van der Waals surface area (Å²) in [6.45, 7) is 7.90. The Kier molecular flexibility index (Phi) is 3.54. The summed E-state index contributed by atoms with van der Waals surface area (Å²) in [5, 5.41) is 8.83. The van der Waals surface area contributed by atoms with Gasteiger partial charge in [0.2, 0.25) is 0 Å². The van der Waals surface area contributed by atoms with Crippen molar-refractivity contribution in [1.82, 2.24) is 0 Å². The Balaban J connectivity index is 1.92. The molecule has 4 atom stereocenters. The Morgan fingerprint density at radius 3 is 2.59 bits per heavy atom. The summed E-state index contributed by atoms with van der Waals surface area (Å²) in [6, 6.07) is -0.0224. The highest BCUT2D eigenvalue weighted by Gasteiger charge is 2.61. The first-order valence-electron chi connectivity index (χ1n) is 6.90. The molecule has 2 saturated carbocycles. The second kappa shape index (κ2) is 4.52. The average molecular weight is 241 g/mol. The van der Waals surface area contributed by atoms with E-state index in [2.05, 4.69) is 20.8 Å². The fourth-order valence-corrected chi connectivity index (χ4v) is 3.87. The van der Waals surface area contributed by atoms with Crippen LogP contribution in [-0.4, -0.2) is 30.5 Å². The number of nitrogens with two attached hydrogens (primary N) is 1. The molecule has 4 unspecified atom stereocenters. The van der Waals surface area contributed by atoms with E-state index < -0.39 is 0 Å². The fourth-order valence-electron chi connectivity index (χ4n) is 3.87. The monoisotopic (exact) mass is 241 g/mol. The lowest BCUT2D eigenvalue weighted by Crippen LogP contribution is -2.39. The summed E-state index contributed by atoms with van der Waals surface area (Å²) >= 11 is 0.